The zero-order valence-electron chi connectivity index (χ0n) is 30.4. The molecule has 0 aliphatic rings. The second-order valence-electron chi connectivity index (χ2n) is 14.4. The second-order valence-corrected chi connectivity index (χ2v) is 14.4. The molecule has 0 N–H and O–H groups in total. The third-order valence-electron chi connectivity index (χ3n) is 11.1. The van der Waals surface area contributed by atoms with Gasteiger partial charge in [-0.1, -0.05) is 140 Å². The Morgan fingerprint density at radius 1 is 0.333 bits per heavy atom. The third-order valence-corrected chi connectivity index (χ3v) is 11.1. The quantitative estimate of drug-likeness (QED) is 0.176. The number of fused-ring (bicyclic) bond motifs is 9. The number of hydrogen-bond acceptors (Lipinski definition) is 5. The van der Waals surface area contributed by atoms with E-state index in [1.807, 2.05) is 30.3 Å². The average molecular weight is 731 g/mol. The Morgan fingerprint density at radius 3 is 1.60 bits per heavy atom. The molecule has 0 unspecified atom stereocenters. The van der Waals surface area contributed by atoms with Crippen molar-refractivity contribution in [1.29, 1.82) is 0 Å². The Balaban J connectivity index is 1.01. The fourth-order valence-corrected chi connectivity index (χ4v) is 8.36. The van der Waals surface area contributed by atoms with Gasteiger partial charge in [0.25, 0.3) is 0 Å². The molecule has 0 aliphatic heterocycles. The van der Waals surface area contributed by atoms with Crippen LogP contribution >= 0.6 is 0 Å². The van der Waals surface area contributed by atoms with Crippen LogP contribution in [0.15, 0.2) is 191 Å². The Hall–Kier alpha value is -7.83. The van der Waals surface area contributed by atoms with Crippen LogP contribution in [0.1, 0.15) is 0 Å². The number of rotatable bonds is 5. The van der Waals surface area contributed by atoms with E-state index in [-0.39, 0.29) is 0 Å². The summed E-state index contributed by atoms with van der Waals surface area (Å²) >= 11 is 0. The summed E-state index contributed by atoms with van der Waals surface area (Å²) in [6.45, 7) is 0. The Labute approximate surface area is 325 Å². The first-order valence-corrected chi connectivity index (χ1v) is 19.0. The maximum atomic E-state index is 6.63. The van der Waals surface area contributed by atoms with E-state index in [4.69, 9.17) is 23.8 Å². The van der Waals surface area contributed by atoms with Crippen LogP contribution in [-0.2, 0) is 0 Å². The molecule has 0 aliphatic carbocycles. The molecule has 0 radical (unpaired) electrons. The van der Waals surface area contributed by atoms with Crippen molar-refractivity contribution in [2.24, 2.45) is 0 Å². The summed E-state index contributed by atoms with van der Waals surface area (Å²) in [4.78, 5) is 15.5. The normalized spacial score (nSPS) is 11.9. The Kier molecular flexibility index (Phi) is 6.83. The minimum atomic E-state index is 0.550. The molecule has 12 rings (SSSR count). The van der Waals surface area contributed by atoms with Crippen molar-refractivity contribution in [3.63, 3.8) is 0 Å². The van der Waals surface area contributed by atoms with Gasteiger partial charge in [-0.2, -0.15) is 9.97 Å². The number of hydrogen-bond donors (Lipinski definition) is 0. The molecule has 0 atom stereocenters. The molecule has 6 nitrogen and oxygen atoms in total. The molecular weight excluding hydrogens is 701 g/mol. The minimum Gasteiger partial charge on any atom is -0.456 e. The van der Waals surface area contributed by atoms with Gasteiger partial charge in [0, 0.05) is 49.0 Å². The van der Waals surface area contributed by atoms with E-state index in [0.29, 0.717) is 17.6 Å². The van der Waals surface area contributed by atoms with E-state index in [1.54, 1.807) is 0 Å². The van der Waals surface area contributed by atoms with Gasteiger partial charge in [-0.3, -0.25) is 4.57 Å². The maximum absolute atomic E-state index is 6.63. The largest absolute Gasteiger partial charge is 0.456 e. The topological polar surface area (TPSA) is 69.9 Å². The Bertz CT molecular complexity index is 3470. The predicted molar refractivity (Wildman–Crippen MR) is 230 cm³/mol. The van der Waals surface area contributed by atoms with Gasteiger partial charge in [0.05, 0.1) is 11.0 Å². The fourth-order valence-electron chi connectivity index (χ4n) is 8.36. The van der Waals surface area contributed by atoms with Crippen molar-refractivity contribution in [2.75, 3.05) is 0 Å². The monoisotopic (exact) mass is 730 g/mol. The molecule has 8 aromatic carbocycles. The highest BCUT2D eigenvalue weighted by atomic mass is 16.3. The summed E-state index contributed by atoms with van der Waals surface area (Å²) in [7, 11) is 0. The van der Waals surface area contributed by atoms with Crippen LogP contribution in [0, 0.1) is 0 Å². The number of benzene rings is 8. The van der Waals surface area contributed by atoms with Gasteiger partial charge in [-0.05, 0) is 59.2 Å². The number of aromatic nitrogens is 4. The van der Waals surface area contributed by atoms with E-state index in [1.165, 1.54) is 0 Å². The fraction of sp³-hybridized carbons (Fsp3) is 0. The number of para-hydroxylation sites is 4. The van der Waals surface area contributed by atoms with Gasteiger partial charge in [0.2, 0.25) is 5.95 Å². The second kappa shape index (κ2) is 12.3. The predicted octanol–water partition coefficient (Wildman–Crippen LogP) is 13.4. The average Bonchev–Trinajstić information content (AvgIpc) is 3.95. The molecule has 0 amide bonds. The van der Waals surface area contributed by atoms with Crippen molar-refractivity contribution in [2.45, 2.75) is 0 Å². The van der Waals surface area contributed by atoms with Crippen LogP contribution in [0.3, 0.4) is 0 Å². The first-order chi connectivity index (χ1) is 28.2. The first kappa shape index (κ1) is 31.5. The van der Waals surface area contributed by atoms with Gasteiger partial charge in [-0.15, -0.1) is 0 Å². The zero-order chi connectivity index (χ0) is 37.5. The molecule has 0 saturated carbocycles. The van der Waals surface area contributed by atoms with Crippen LogP contribution in [0.2, 0.25) is 0 Å². The molecule has 0 spiro atoms. The summed E-state index contributed by atoms with van der Waals surface area (Å²) in [6, 6.07) is 62.7. The van der Waals surface area contributed by atoms with Gasteiger partial charge >= 0.3 is 0 Å². The third kappa shape index (κ3) is 5.01. The summed E-state index contributed by atoms with van der Waals surface area (Å²) in [5.74, 6) is 1.70. The molecule has 0 bridgehead atoms. The summed E-state index contributed by atoms with van der Waals surface area (Å²) in [5.41, 5.74) is 11.4. The molecule has 0 fully saturated rings. The van der Waals surface area contributed by atoms with Crippen molar-refractivity contribution < 1.29 is 8.83 Å². The van der Waals surface area contributed by atoms with Crippen LogP contribution in [0.25, 0.3) is 117 Å². The summed E-state index contributed by atoms with van der Waals surface area (Å²) in [6.07, 6.45) is 0. The minimum absolute atomic E-state index is 0.550. The lowest BCUT2D eigenvalue weighted by Crippen LogP contribution is -2.06. The highest BCUT2D eigenvalue weighted by molar-refractivity contribution is 6.12. The van der Waals surface area contributed by atoms with E-state index >= 15 is 0 Å². The molecule has 12 aromatic rings. The number of furan rings is 2. The van der Waals surface area contributed by atoms with Gasteiger partial charge in [0.1, 0.15) is 22.3 Å². The molecule has 266 valence electrons. The van der Waals surface area contributed by atoms with Gasteiger partial charge in [-0.25, -0.2) is 4.98 Å². The van der Waals surface area contributed by atoms with Crippen LogP contribution in [-0.4, -0.2) is 19.5 Å². The summed E-state index contributed by atoms with van der Waals surface area (Å²) in [5, 5.41) is 6.56. The van der Waals surface area contributed by atoms with Crippen molar-refractivity contribution >= 4 is 65.7 Å². The van der Waals surface area contributed by atoms with E-state index < -0.39 is 0 Å². The zero-order valence-corrected chi connectivity index (χ0v) is 30.4. The molecular formula is C51H30N4O2. The van der Waals surface area contributed by atoms with Crippen molar-refractivity contribution in [1.82, 2.24) is 19.5 Å². The van der Waals surface area contributed by atoms with E-state index in [9.17, 15) is 0 Å². The highest BCUT2D eigenvalue weighted by Gasteiger charge is 2.19. The molecule has 4 aromatic heterocycles. The lowest BCUT2D eigenvalue weighted by molar-refractivity contribution is 0.668. The molecule has 4 heterocycles. The standard InChI is InChI=1S/C51H30N4O2/c1-2-11-31(12-3-1)32-21-23-33(24-22-32)49-52-50(54-51(53-49)55-43-18-7-4-13-37(43)38-14-5-8-19-44(38)55)35-26-28-41-40-27-25-34(29-46(40)56-47(41)30-35)36-16-10-17-42-39-15-6-9-20-45(39)57-48(36)42/h1-30H. The van der Waals surface area contributed by atoms with Crippen LogP contribution in [0.4, 0.5) is 0 Å². The smallest absolute Gasteiger partial charge is 0.238 e. The molecule has 0 saturated heterocycles. The van der Waals surface area contributed by atoms with Gasteiger partial charge in [0.15, 0.2) is 11.6 Å². The molecule has 6 heteroatoms. The summed E-state index contributed by atoms with van der Waals surface area (Å²) < 4.78 is 15.1. The molecule has 57 heavy (non-hydrogen) atoms. The van der Waals surface area contributed by atoms with E-state index in [0.717, 1.165) is 99.1 Å². The number of nitrogens with zero attached hydrogens (tertiary/aromatic N) is 4. The lowest BCUT2D eigenvalue weighted by Gasteiger charge is -2.11. The van der Waals surface area contributed by atoms with E-state index in [2.05, 4.69) is 156 Å². The first-order valence-electron chi connectivity index (χ1n) is 19.0. The lowest BCUT2D eigenvalue weighted by atomic mass is 10.0. The van der Waals surface area contributed by atoms with Crippen molar-refractivity contribution in [3.05, 3.63) is 182 Å². The SMILES string of the molecule is c1ccc(-c2ccc(-c3nc(-c4ccc5c(c4)oc4cc(-c6cccc7c6oc6ccccc67)ccc45)nc(-n4c5ccccc5c5ccccc54)n3)cc2)cc1. The van der Waals surface area contributed by atoms with Crippen molar-refractivity contribution in [3.8, 4) is 51.0 Å². The highest BCUT2D eigenvalue weighted by Crippen LogP contribution is 2.39. The maximum Gasteiger partial charge on any atom is 0.238 e. The van der Waals surface area contributed by atoms with Crippen LogP contribution in [0.5, 0.6) is 0 Å². The Morgan fingerprint density at radius 2 is 0.860 bits per heavy atom. The van der Waals surface area contributed by atoms with Gasteiger partial charge < -0.3 is 8.83 Å². The van der Waals surface area contributed by atoms with Crippen LogP contribution < -0.4 is 0 Å².